The summed E-state index contributed by atoms with van der Waals surface area (Å²) in [5.41, 5.74) is 2.38. The van der Waals surface area contributed by atoms with E-state index < -0.39 is 9.84 Å². The molecule has 29 heavy (non-hydrogen) atoms. The van der Waals surface area contributed by atoms with Gasteiger partial charge in [0, 0.05) is 29.6 Å². The van der Waals surface area contributed by atoms with Crippen LogP contribution >= 0.6 is 11.8 Å². The summed E-state index contributed by atoms with van der Waals surface area (Å²) >= 11 is 1.31. The van der Waals surface area contributed by atoms with Gasteiger partial charge in [0.05, 0.1) is 29.9 Å². The molecule has 0 N–H and O–H groups in total. The zero-order valence-electron chi connectivity index (χ0n) is 16.6. The molecule has 2 aliphatic heterocycles. The maximum atomic E-state index is 12.9. The van der Waals surface area contributed by atoms with E-state index >= 15 is 0 Å². The number of sulfone groups is 1. The van der Waals surface area contributed by atoms with Gasteiger partial charge in [-0.25, -0.2) is 13.1 Å². The number of tetrazole rings is 1. The third-order valence-corrected chi connectivity index (χ3v) is 8.30. The van der Waals surface area contributed by atoms with Crippen LogP contribution in [0.1, 0.15) is 47.1 Å². The zero-order chi connectivity index (χ0) is 20.6. The lowest BCUT2D eigenvalue weighted by Gasteiger charge is -2.16. The Labute approximate surface area is 174 Å². The van der Waals surface area contributed by atoms with Crippen LogP contribution in [0.2, 0.25) is 0 Å². The van der Waals surface area contributed by atoms with Gasteiger partial charge in [-0.05, 0) is 49.6 Å². The van der Waals surface area contributed by atoms with Crippen LogP contribution in [-0.4, -0.2) is 68.9 Å². The molecule has 2 atom stereocenters. The highest BCUT2D eigenvalue weighted by atomic mass is 32.2. The number of Topliss-reactive ketones (excluding diaryl/α,β-unsaturated/α-hetero) is 1. The lowest BCUT2D eigenvalue weighted by atomic mass is 10.2. The number of ether oxygens (including phenoxy) is 1. The summed E-state index contributed by atoms with van der Waals surface area (Å²) in [6.45, 7) is 5.17. The van der Waals surface area contributed by atoms with Crippen molar-refractivity contribution in [1.82, 2.24) is 24.8 Å². The van der Waals surface area contributed by atoms with Crippen molar-refractivity contribution in [1.29, 1.82) is 0 Å². The topological polar surface area (TPSA) is 109 Å². The summed E-state index contributed by atoms with van der Waals surface area (Å²) in [5.74, 6) is 0.561. The van der Waals surface area contributed by atoms with E-state index in [0.717, 1.165) is 30.8 Å². The Morgan fingerprint density at radius 2 is 2.17 bits per heavy atom. The minimum absolute atomic E-state index is 0.0122. The molecule has 9 nitrogen and oxygen atoms in total. The van der Waals surface area contributed by atoms with E-state index in [1.165, 1.54) is 11.8 Å². The first kappa shape index (κ1) is 20.5. The highest BCUT2D eigenvalue weighted by Crippen LogP contribution is 2.30. The van der Waals surface area contributed by atoms with Gasteiger partial charge in [-0.3, -0.25) is 4.79 Å². The fourth-order valence-corrected chi connectivity index (χ4v) is 6.67. The molecular formula is C18H25N5O4S2. The molecule has 4 heterocycles. The van der Waals surface area contributed by atoms with Crippen molar-refractivity contribution in [3.8, 4) is 0 Å². The SMILES string of the molecule is Cc1cc(C(=O)CSc2nnnn2C[C@@H]2CCCO2)c(C)n1[C@@H]1CCS(=O)(=O)C1. The molecule has 2 saturated heterocycles. The van der Waals surface area contributed by atoms with Gasteiger partial charge >= 0.3 is 0 Å². The van der Waals surface area contributed by atoms with Crippen LogP contribution in [0.4, 0.5) is 0 Å². The Morgan fingerprint density at radius 1 is 1.34 bits per heavy atom. The maximum absolute atomic E-state index is 12.9. The number of hydrogen-bond donors (Lipinski definition) is 0. The summed E-state index contributed by atoms with van der Waals surface area (Å²) in [6.07, 6.45) is 2.76. The molecule has 11 heteroatoms. The summed E-state index contributed by atoms with van der Waals surface area (Å²) in [6, 6.07) is 1.77. The van der Waals surface area contributed by atoms with Crippen LogP contribution in [0.5, 0.6) is 0 Å². The normalized spacial score (nSPS) is 23.7. The third kappa shape index (κ3) is 4.41. The zero-order valence-corrected chi connectivity index (χ0v) is 18.2. The van der Waals surface area contributed by atoms with Crippen LogP contribution in [0.3, 0.4) is 0 Å². The van der Waals surface area contributed by atoms with Gasteiger partial charge in [0.1, 0.15) is 0 Å². The smallest absolute Gasteiger partial charge is 0.209 e. The van der Waals surface area contributed by atoms with E-state index in [9.17, 15) is 13.2 Å². The fourth-order valence-electron chi connectivity index (χ4n) is 4.20. The summed E-state index contributed by atoms with van der Waals surface area (Å²) in [7, 11) is -2.99. The molecule has 2 aromatic heterocycles. The molecule has 0 unspecified atom stereocenters. The molecule has 0 amide bonds. The van der Waals surface area contributed by atoms with E-state index in [-0.39, 0.29) is 35.2 Å². The van der Waals surface area contributed by atoms with Crippen molar-refractivity contribution in [2.24, 2.45) is 0 Å². The number of thioether (sulfide) groups is 1. The largest absolute Gasteiger partial charge is 0.376 e. The molecule has 0 bridgehead atoms. The first-order valence-electron chi connectivity index (χ1n) is 9.76. The van der Waals surface area contributed by atoms with E-state index in [4.69, 9.17) is 4.74 Å². The minimum atomic E-state index is -2.99. The van der Waals surface area contributed by atoms with Crippen molar-refractivity contribution in [2.75, 3.05) is 23.9 Å². The highest BCUT2D eigenvalue weighted by molar-refractivity contribution is 7.99. The van der Waals surface area contributed by atoms with Crippen LogP contribution in [0.15, 0.2) is 11.2 Å². The lowest BCUT2D eigenvalue weighted by molar-refractivity contribution is 0.0912. The Hall–Kier alpha value is -1.72. The predicted molar refractivity (Wildman–Crippen MR) is 108 cm³/mol. The molecule has 158 valence electrons. The Bertz CT molecular complexity index is 1010. The summed E-state index contributed by atoms with van der Waals surface area (Å²) in [5, 5.41) is 12.4. The molecule has 0 aromatic carbocycles. The van der Waals surface area contributed by atoms with Crippen molar-refractivity contribution < 1.29 is 17.9 Å². The molecule has 0 aliphatic carbocycles. The number of nitrogens with zero attached hydrogens (tertiary/aromatic N) is 5. The van der Waals surface area contributed by atoms with Gasteiger partial charge < -0.3 is 9.30 Å². The average molecular weight is 440 g/mol. The van der Waals surface area contributed by atoms with Gasteiger partial charge in [0.15, 0.2) is 15.6 Å². The number of ketones is 1. The highest BCUT2D eigenvalue weighted by Gasteiger charge is 2.31. The Morgan fingerprint density at radius 3 is 2.86 bits per heavy atom. The van der Waals surface area contributed by atoms with Crippen LogP contribution < -0.4 is 0 Å². The number of rotatable bonds is 7. The van der Waals surface area contributed by atoms with E-state index in [2.05, 4.69) is 15.5 Å². The second kappa shape index (κ2) is 8.19. The predicted octanol–water partition coefficient (Wildman–Crippen LogP) is 1.61. The molecule has 2 fully saturated rings. The average Bonchev–Trinajstić information content (AvgIpc) is 3.43. The quantitative estimate of drug-likeness (QED) is 0.473. The number of aromatic nitrogens is 5. The number of carbonyl (C=O) groups is 1. The van der Waals surface area contributed by atoms with Crippen LogP contribution in [-0.2, 0) is 21.1 Å². The van der Waals surface area contributed by atoms with Crippen molar-refractivity contribution in [2.45, 2.75) is 57.0 Å². The maximum Gasteiger partial charge on any atom is 0.209 e. The van der Waals surface area contributed by atoms with Crippen molar-refractivity contribution in [3.63, 3.8) is 0 Å². The van der Waals surface area contributed by atoms with Gasteiger partial charge in [0.25, 0.3) is 0 Å². The Balaban J connectivity index is 1.43. The summed E-state index contributed by atoms with van der Waals surface area (Å²) < 4.78 is 33.0. The summed E-state index contributed by atoms with van der Waals surface area (Å²) in [4.78, 5) is 12.9. The van der Waals surface area contributed by atoms with Gasteiger partial charge in [-0.1, -0.05) is 11.8 Å². The van der Waals surface area contributed by atoms with Crippen molar-refractivity contribution >= 4 is 27.4 Å². The molecule has 2 aromatic rings. The van der Waals surface area contributed by atoms with Gasteiger partial charge in [-0.15, -0.1) is 5.10 Å². The van der Waals surface area contributed by atoms with E-state index in [0.29, 0.717) is 23.7 Å². The Kier molecular flexibility index (Phi) is 5.80. The third-order valence-electron chi connectivity index (χ3n) is 5.59. The molecule has 2 aliphatic rings. The van der Waals surface area contributed by atoms with E-state index in [1.54, 1.807) is 4.68 Å². The number of hydrogen-bond acceptors (Lipinski definition) is 8. The number of carbonyl (C=O) groups excluding carboxylic acids is 1. The van der Waals surface area contributed by atoms with Crippen molar-refractivity contribution in [3.05, 3.63) is 23.0 Å². The number of aryl methyl sites for hydroxylation is 1. The molecule has 0 radical (unpaired) electrons. The second-order valence-electron chi connectivity index (χ2n) is 7.70. The van der Waals surface area contributed by atoms with Crippen LogP contribution in [0.25, 0.3) is 0 Å². The monoisotopic (exact) mass is 439 g/mol. The van der Waals surface area contributed by atoms with Gasteiger partial charge in [-0.2, -0.15) is 0 Å². The standard InChI is InChI=1S/C18H25N5O4S2/c1-12-8-16(13(2)23(12)14-5-7-29(25,26)11-14)17(24)10-28-18-19-20-21-22(18)9-15-4-3-6-27-15/h8,14-15H,3-7,9-11H2,1-2H3/t14-,15+/m1/s1. The molecule has 4 rings (SSSR count). The lowest BCUT2D eigenvalue weighted by Crippen LogP contribution is -2.17. The molecule has 0 saturated carbocycles. The second-order valence-corrected chi connectivity index (χ2v) is 10.9. The van der Waals surface area contributed by atoms with E-state index in [1.807, 2.05) is 24.5 Å². The van der Waals surface area contributed by atoms with Crippen LogP contribution in [0, 0.1) is 13.8 Å². The molecule has 0 spiro atoms. The van der Waals surface area contributed by atoms with Gasteiger partial charge in [0.2, 0.25) is 5.16 Å². The minimum Gasteiger partial charge on any atom is -0.376 e. The first-order valence-corrected chi connectivity index (χ1v) is 12.6. The molecular weight excluding hydrogens is 414 g/mol. The first-order chi connectivity index (χ1) is 13.8. The fraction of sp³-hybridized carbons (Fsp3) is 0.667.